The second-order valence-electron chi connectivity index (χ2n) is 4.96. The molecule has 0 atom stereocenters. The first-order valence-corrected chi connectivity index (χ1v) is 7.50. The molecule has 0 bridgehead atoms. The highest BCUT2D eigenvalue weighted by atomic mass is 32.1. The van der Waals surface area contributed by atoms with Gasteiger partial charge in [0.15, 0.2) is 5.69 Å². The van der Waals surface area contributed by atoms with Crippen molar-refractivity contribution in [3.8, 4) is 16.4 Å². The molecule has 0 saturated heterocycles. The van der Waals surface area contributed by atoms with Crippen LogP contribution < -0.4 is 0 Å². The highest BCUT2D eigenvalue weighted by Gasteiger charge is 2.24. The molecule has 0 fully saturated rings. The Morgan fingerprint density at radius 3 is 2.55 bits per heavy atom. The first-order chi connectivity index (χ1) is 10.5. The molecule has 2 aromatic heterocycles. The minimum Gasteiger partial charge on any atom is -0.476 e. The van der Waals surface area contributed by atoms with Crippen LogP contribution >= 0.6 is 11.3 Å². The molecule has 0 spiro atoms. The summed E-state index contributed by atoms with van der Waals surface area (Å²) >= 11 is 1.46. The van der Waals surface area contributed by atoms with Crippen molar-refractivity contribution < 1.29 is 9.90 Å². The third kappa shape index (κ3) is 2.29. The van der Waals surface area contributed by atoms with Gasteiger partial charge in [-0.05, 0) is 26.3 Å². The fourth-order valence-electron chi connectivity index (χ4n) is 2.19. The van der Waals surface area contributed by atoms with Crippen molar-refractivity contribution in [1.29, 1.82) is 0 Å². The molecule has 1 N–H and O–H groups in total. The summed E-state index contributed by atoms with van der Waals surface area (Å²) in [5.41, 5.74) is 3.04. The summed E-state index contributed by atoms with van der Waals surface area (Å²) in [6, 6.07) is 7.57. The van der Waals surface area contributed by atoms with Crippen molar-refractivity contribution in [2.75, 3.05) is 0 Å². The third-order valence-corrected chi connectivity index (χ3v) is 4.52. The van der Waals surface area contributed by atoms with E-state index < -0.39 is 5.97 Å². The van der Waals surface area contributed by atoms with E-state index in [1.54, 1.807) is 0 Å². The molecular formula is C15H14N4O2S. The summed E-state index contributed by atoms with van der Waals surface area (Å²) in [6.07, 6.45) is 0. The predicted molar refractivity (Wildman–Crippen MR) is 83.6 cm³/mol. The Hall–Kier alpha value is -2.54. The third-order valence-electron chi connectivity index (χ3n) is 3.47. The Bertz CT molecular complexity index is 847. The van der Waals surface area contributed by atoms with Gasteiger partial charge in [-0.25, -0.2) is 9.78 Å². The van der Waals surface area contributed by atoms with Crippen LogP contribution in [0.25, 0.3) is 16.4 Å². The smallest absolute Gasteiger partial charge is 0.358 e. The van der Waals surface area contributed by atoms with Gasteiger partial charge in [0, 0.05) is 10.4 Å². The molecule has 0 saturated carbocycles. The van der Waals surface area contributed by atoms with Gasteiger partial charge in [-0.1, -0.05) is 40.8 Å². The van der Waals surface area contributed by atoms with Crippen molar-refractivity contribution in [3.63, 3.8) is 0 Å². The quantitative estimate of drug-likeness (QED) is 0.803. The van der Waals surface area contributed by atoms with Crippen LogP contribution in [-0.4, -0.2) is 31.1 Å². The van der Waals surface area contributed by atoms with E-state index >= 15 is 0 Å². The van der Waals surface area contributed by atoms with E-state index in [4.69, 9.17) is 0 Å². The molecule has 7 heteroatoms. The van der Waals surface area contributed by atoms with E-state index in [1.165, 1.54) is 16.0 Å². The lowest BCUT2D eigenvalue weighted by molar-refractivity contribution is 0.0691. The number of thiazole rings is 1. The van der Waals surface area contributed by atoms with Crippen LogP contribution in [0.2, 0.25) is 0 Å². The number of aryl methyl sites for hydroxylation is 3. The van der Waals surface area contributed by atoms with Gasteiger partial charge in [0.1, 0.15) is 5.69 Å². The van der Waals surface area contributed by atoms with Gasteiger partial charge in [-0.2, -0.15) is 4.68 Å². The molecule has 0 aliphatic carbocycles. The van der Waals surface area contributed by atoms with Crippen molar-refractivity contribution in [1.82, 2.24) is 20.0 Å². The Kier molecular flexibility index (Phi) is 3.50. The van der Waals surface area contributed by atoms with Gasteiger partial charge in [0.2, 0.25) is 5.13 Å². The zero-order chi connectivity index (χ0) is 15.9. The lowest BCUT2D eigenvalue weighted by Crippen LogP contribution is -2.04. The molecular weight excluding hydrogens is 300 g/mol. The first kappa shape index (κ1) is 14.4. The number of carboxylic acids is 1. The lowest BCUT2D eigenvalue weighted by atomic mass is 10.0. The van der Waals surface area contributed by atoms with Gasteiger partial charge in [-0.3, -0.25) is 0 Å². The van der Waals surface area contributed by atoms with Gasteiger partial charge < -0.3 is 5.11 Å². The minimum atomic E-state index is -1.10. The Labute approximate surface area is 131 Å². The van der Waals surface area contributed by atoms with E-state index in [9.17, 15) is 9.90 Å². The number of carbonyl (C=O) groups is 1. The Morgan fingerprint density at radius 2 is 1.95 bits per heavy atom. The van der Waals surface area contributed by atoms with Crippen LogP contribution in [-0.2, 0) is 0 Å². The van der Waals surface area contributed by atoms with Crippen LogP contribution in [0.3, 0.4) is 0 Å². The highest BCUT2D eigenvalue weighted by Crippen LogP contribution is 2.30. The molecule has 0 aliphatic heterocycles. The number of hydrogen-bond donors (Lipinski definition) is 1. The average Bonchev–Trinajstić information content (AvgIpc) is 3.04. The second-order valence-corrected chi connectivity index (χ2v) is 6.14. The molecule has 112 valence electrons. The largest absolute Gasteiger partial charge is 0.476 e. The zero-order valence-electron chi connectivity index (χ0n) is 12.4. The molecule has 0 amide bonds. The summed E-state index contributed by atoms with van der Waals surface area (Å²) < 4.78 is 1.51. The van der Waals surface area contributed by atoms with Crippen LogP contribution in [0.5, 0.6) is 0 Å². The fraction of sp³-hybridized carbons (Fsp3) is 0.200. The SMILES string of the molecule is Cc1ccccc1-c1c(C(=O)O)nnn1-c1nc(C)c(C)s1. The summed E-state index contributed by atoms with van der Waals surface area (Å²) in [5.74, 6) is -1.10. The number of aromatic nitrogens is 4. The van der Waals surface area contributed by atoms with Gasteiger partial charge in [0.05, 0.1) is 5.69 Å². The average molecular weight is 314 g/mol. The summed E-state index contributed by atoms with van der Waals surface area (Å²) in [6.45, 7) is 5.81. The molecule has 3 rings (SSSR count). The second kappa shape index (κ2) is 5.34. The van der Waals surface area contributed by atoms with E-state index in [0.717, 1.165) is 21.7 Å². The van der Waals surface area contributed by atoms with Gasteiger partial charge in [-0.15, -0.1) is 5.10 Å². The van der Waals surface area contributed by atoms with Crippen molar-refractivity contribution in [3.05, 3.63) is 46.1 Å². The number of nitrogens with zero attached hydrogens (tertiary/aromatic N) is 4. The topological polar surface area (TPSA) is 80.9 Å². The van der Waals surface area contributed by atoms with Crippen molar-refractivity contribution in [2.24, 2.45) is 0 Å². The van der Waals surface area contributed by atoms with E-state index in [1.807, 2.05) is 45.0 Å². The molecule has 3 aromatic rings. The predicted octanol–water partition coefficient (Wildman–Crippen LogP) is 3.01. The monoisotopic (exact) mass is 314 g/mol. The van der Waals surface area contributed by atoms with E-state index in [0.29, 0.717) is 10.8 Å². The molecule has 0 aliphatic rings. The minimum absolute atomic E-state index is 0.0696. The molecule has 1 aromatic carbocycles. The lowest BCUT2D eigenvalue weighted by Gasteiger charge is -2.07. The maximum atomic E-state index is 11.5. The number of hydrogen-bond acceptors (Lipinski definition) is 5. The molecule has 0 radical (unpaired) electrons. The van der Waals surface area contributed by atoms with Crippen LogP contribution in [0.1, 0.15) is 26.6 Å². The normalized spacial score (nSPS) is 10.9. The summed E-state index contributed by atoms with van der Waals surface area (Å²) in [7, 11) is 0. The van der Waals surface area contributed by atoms with E-state index in [2.05, 4.69) is 15.3 Å². The van der Waals surface area contributed by atoms with Crippen molar-refractivity contribution in [2.45, 2.75) is 20.8 Å². The number of carboxylic acid groups (broad SMARTS) is 1. The van der Waals surface area contributed by atoms with Crippen LogP contribution in [0, 0.1) is 20.8 Å². The van der Waals surface area contributed by atoms with Crippen LogP contribution in [0.15, 0.2) is 24.3 Å². The molecule has 2 heterocycles. The van der Waals surface area contributed by atoms with Gasteiger partial charge >= 0.3 is 5.97 Å². The zero-order valence-corrected chi connectivity index (χ0v) is 13.2. The number of rotatable bonds is 3. The summed E-state index contributed by atoms with van der Waals surface area (Å²) in [4.78, 5) is 17.0. The number of aromatic carboxylic acids is 1. The first-order valence-electron chi connectivity index (χ1n) is 6.68. The standard InChI is InChI=1S/C15H14N4O2S/c1-8-6-4-5-7-11(8)13-12(14(20)21)17-18-19(13)15-16-9(2)10(3)22-15/h4-7H,1-3H3,(H,20,21). The maximum absolute atomic E-state index is 11.5. The highest BCUT2D eigenvalue weighted by molar-refractivity contribution is 7.14. The fourth-order valence-corrected chi connectivity index (χ4v) is 3.05. The number of benzene rings is 1. The molecule has 6 nitrogen and oxygen atoms in total. The van der Waals surface area contributed by atoms with Crippen LogP contribution in [0.4, 0.5) is 0 Å². The molecule has 0 unspecified atom stereocenters. The Morgan fingerprint density at radius 1 is 1.23 bits per heavy atom. The Balaban J connectivity index is 2.29. The molecule has 22 heavy (non-hydrogen) atoms. The van der Waals surface area contributed by atoms with Gasteiger partial charge in [0.25, 0.3) is 0 Å². The maximum Gasteiger partial charge on any atom is 0.358 e. The van der Waals surface area contributed by atoms with Crippen molar-refractivity contribution >= 4 is 17.3 Å². The summed E-state index contributed by atoms with van der Waals surface area (Å²) in [5, 5.41) is 17.9. The van der Waals surface area contributed by atoms with E-state index in [-0.39, 0.29) is 5.69 Å².